The second-order valence-electron chi connectivity index (χ2n) is 9.66. The molecule has 2 unspecified atom stereocenters. The fourth-order valence-electron chi connectivity index (χ4n) is 4.79. The van der Waals surface area contributed by atoms with Crippen LogP contribution < -0.4 is 29.7 Å². The van der Waals surface area contributed by atoms with Crippen molar-refractivity contribution in [2.24, 2.45) is 5.92 Å². The summed E-state index contributed by atoms with van der Waals surface area (Å²) in [5, 5.41) is 5.94. The number of carbonyl (C=O) groups excluding carboxylic acids is 2. The molecule has 0 saturated carbocycles. The third-order valence-corrected chi connectivity index (χ3v) is 7.28. The smallest absolute Gasteiger partial charge is 0.415 e. The van der Waals surface area contributed by atoms with E-state index in [9.17, 15) is 22.4 Å². The zero-order valence-electron chi connectivity index (χ0n) is 21.2. The van der Waals surface area contributed by atoms with E-state index in [-0.39, 0.29) is 61.0 Å². The number of benzene rings is 1. The number of rotatable bonds is 11. The van der Waals surface area contributed by atoms with Crippen molar-refractivity contribution in [3.05, 3.63) is 35.3 Å². The number of hydrogen-bond donors (Lipinski definition) is 3. The summed E-state index contributed by atoms with van der Waals surface area (Å²) in [6.07, 6.45) is 3.46. The van der Waals surface area contributed by atoms with E-state index in [2.05, 4.69) is 25.3 Å². The largest absolute Gasteiger partial charge is 0.492 e. The summed E-state index contributed by atoms with van der Waals surface area (Å²) in [5.74, 6) is 0.549. The Kier molecular flexibility index (Phi) is 7.81. The number of halogens is 1. The van der Waals surface area contributed by atoms with Crippen LogP contribution >= 0.6 is 0 Å². The van der Waals surface area contributed by atoms with E-state index in [1.807, 2.05) is 6.07 Å². The molecule has 3 N–H and O–H groups in total. The Morgan fingerprint density at radius 3 is 2.92 bits per heavy atom. The first-order valence-corrected chi connectivity index (χ1v) is 14.4. The molecule has 2 aromatic rings. The van der Waals surface area contributed by atoms with Crippen molar-refractivity contribution >= 4 is 33.7 Å². The van der Waals surface area contributed by atoms with Gasteiger partial charge in [-0.1, -0.05) is 0 Å². The zero-order chi connectivity index (χ0) is 27.6. The maximum atomic E-state index is 14.6. The van der Waals surface area contributed by atoms with Gasteiger partial charge in [-0.2, -0.15) is 0 Å². The second kappa shape index (κ2) is 11.3. The molecule has 3 heterocycles. The third kappa shape index (κ3) is 6.72. The van der Waals surface area contributed by atoms with Gasteiger partial charge in [0.05, 0.1) is 19.0 Å². The summed E-state index contributed by atoms with van der Waals surface area (Å²) in [5.41, 5.74) is 1.57. The van der Waals surface area contributed by atoms with Gasteiger partial charge < -0.3 is 24.8 Å². The first-order valence-electron chi connectivity index (χ1n) is 12.5. The molecule has 210 valence electrons. The maximum absolute atomic E-state index is 14.6. The van der Waals surface area contributed by atoms with E-state index in [1.165, 1.54) is 17.2 Å². The standard InChI is InChI=1S/C24H29FN6O7S/c1-39(34,35)28-4-5-36-17-8-15-6-14(7-18(15)19(25)9-17)10-26-3-2-16-12-31(24(33)38-16)20-11-27-23-22(29-20)30-21(32)13-37-23/h8-9,11,14,16,26,28H,2-7,10,12-13H2,1H3,(H,29,30,32). The van der Waals surface area contributed by atoms with Crippen molar-refractivity contribution in [1.82, 2.24) is 20.0 Å². The molecule has 1 aliphatic carbocycles. The number of amides is 2. The van der Waals surface area contributed by atoms with Gasteiger partial charge in [0.2, 0.25) is 10.0 Å². The fourth-order valence-corrected chi connectivity index (χ4v) is 5.24. The molecule has 15 heteroatoms. The summed E-state index contributed by atoms with van der Waals surface area (Å²) in [7, 11) is -3.30. The van der Waals surface area contributed by atoms with Gasteiger partial charge >= 0.3 is 6.09 Å². The second-order valence-corrected chi connectivity index (χ2v) is 11.5. The van der Waals surface area contributed by atoms with Crippen molar-refractivity contribution in [3.63, 3.8) is 0 Å². The molecule has 13 nitrogen and oxygen atoms in total. The van der Waals surface area contributed by atoms with E-state index in [4.69, 9.17) is 14.2 Å². The number of fused-ring (bicyclic) bond motifs is 2. The molecule has 1 aromatic heterocycles. The van der Waals surface area contributed by atoms with Gasteiger partial charge in [0.15, 0.2) is 18.2 Å². The van der Waals surface area contributed by atoms with E-state index >= 15 is 0 Å². The molecule has 0 radical (unpaired) electrons. The highest BCUT2D eigenvalue weighted by molar-refractivity contribution is 7.88. The molecule has 0 spiro atoms. The molecule has 5 rings (SSSR count). The number of nitrogens with one attached hydrogen (secondary N) is 3. The van der Waals surface area contributed by atoms with Crippen LogP contribution in [0.1, 0.15) is 17.5 Å². The van der Waals surface area contributed by atoms with Crippen LogP contribution in [0.15, 0.2) is 18.3 Å². The topological polar surface area (TPSA) is 161 Å². The normalized spacial score (nSPS) is 20.2. The molecular weight excluding hydrogens is 535 g/mol. The average molecular weight is 565 g/mol. The first kappa shape index (κ1) is 27.0. The van der Waals surface area contributed by atoms with Crippen LogP contribution in [-0.4, -0.2) is 82.1 Å². The summed E-state index contributed by atoms with van der Waals surface area (Å²) >= 11 is 0. The Bertz CT molecular complexity index is 1370. The maximum Gasteiger partial charge on any atom is 0.415 e. The van der Waals surface area contributed by atoms with Gasteiger partial charge in [0.25, 0.3) is 11.8 Å². The zero-order valence-corrected chi connectivity index (χ0v) is 22.1. The van der Waals surface area contributed by atoms with E-state index in [1.54, 1.807) is 0 Å². The number of aromatic nitrogens is 2. The van der Waals surface area contributed by atoms with Gasteiger partial charge in [0, 0.05) is 12.6 Å². The molecular formula is C24H29FN6O7S. The lowest BCUT2D eigenvalue weighted by molar-refractivity contribution is -0.118. The number of carbonyl (C=O) groups is 2. The van der Waals surface area contributed by atoms with Gasteiger partial charge in [-0.3, -0.25) is 9.69 Å². The first-order chi connectivity index (χ1) is 18.6. The van der Waals surface area contributed by atoms with Crippen molar-refractivity contribution in [2.75, 3.05) is 55.9 Å². The van der Waals surface area contributed by atoms with Crippen LogP contribution in [0.25, 0.3) is 0 Å². The summed E-state index contributed by atoms with van der Waals surface area (Å²) < 4.78 is 55.4. The third-order valence-electron chi connectivity index (χ3n) is 6.55. The molecule has 2 amide bonds. The van der Waals surface area contributed by atoms with Crippen LogP contribution in [0.3, 0.4) is 0 Å². The highest BCUT2D eigenvalue weighted by Gasteiger charge is 2.34. The summed E-state index contributed by atoms with van der Waals surface area (Å²) in [4.78, 5) is 33.7. The molecule has 39 heavy (non-hydrogen) atoms. The molecule has 1 aromatic carbocycles. The molecule has 3 aliphatic rings. The Morgan fingerprint density at radius 2 is 2.10 bits per heavy atom. The molecule has 1 fully saturated rings. The SMILES string of the molecule is CS(=O)(=O)NCCOc1cc(F)c2c(c1)CC(CNCCC1CN(c3cnc4c(n3)NC(=O)CO4)C(=O)O1)C2. The average Bonchev–Trinajstić information content (AvgIpc) is 3.46. The summed E-state index contributed by atoms with van der Waals surface area (Å²) in [6, 6.07) is 3.15. The minimum absolute atomic E-state index is 0.101. The Balaban J connectivity index is 1.05. The highest BCUT2D eigenvalue weighted by Crippen LogP contribution is 2.32. The number of anilines is 2. The van der Waals surface area contributed by atoms with E-state index in [0.717, 1.165) is 11.8 Å². The predicted molar refractivity (Wildman–Crippen MR) is 137 cm³/mol. The van der Waals surface area contributed by atoms with Crippen LogP contribution in [0.5, 0.6) is 11.6 Å². The molecule has 2 aliphatic heterocycles. The molecule has 0 bridgehead atoms. The number of ether oxygens (including phenoxy) is 3. The highest BCUT2D eigenvalue weighted by atomic mass is 32.2. The quantitative estimate of drug-likeness (QED) is 0.330. The van der Waals surface area contributed by atoms with Crippen LogP contribution in [0.4, 0.5) is 20.8 Å². The minimum atomic E-state index is -3.30. The number of sulfonamides is 1. The predicted octanol–water partition coefficient (Wildman–Crippen LogP) is 0.595. The Labute approximate surface area is 224 Å². The Hall–Kier alpha value is -3.56. The van der Waals surface area contributed by atoms with Crippen LogP contribution in [-0.2, 0) is 32.4 Å². The van der Waals surface area contributed by atoms with Crippen molar-refractivity contribution in [1.29, 1.82) is 0 Å². The molecule has 1 saturated heterocycles. The Morgan fingerprint density at radius 1 is 1.26 bits per heavy atom. The van der Waals surface area contributed by atoms with Crippen molar-refractivity contribution in [2.45, 2.75) is 25.4 Å². The number of cyclic esters (lactones) is 1. The van der Waals surface area contributed by atoms with Crippen LogP contribution in [0, 0.1) is 11.7 Å². The van der Waals surface area contributed by atoms with Crippen molar-refractivity contribution < 1.29 is 36.6 Å². The number of nitrogens with zero attached hydrogens (tertiary/aromatic N) is 3. The lowest BCUT2D eigenvalue weighted by Crippen LogP contribution is -2.30. The van der Waals surface area contributed by atoms with E-state index < -0.39 is 16.1 Å². The van der Waals surface area contributed by atoms with Crippen molar-refractivity contribution in [3.8, 4) is 11.6 Å². The molecule has 2 atom stereocenters. The fraction of sp³-hybridized carbons (Fsp3) is 0.500. The van der Waals surface area contributed by atoms with Crippen LogP contribution in [0.2, 0.25) is 0 Å². The lowest BCUT2D eigenvalue weighted by atomic mass is 10.1. The van der Waals surface area contributed by atoms with Gasteiger partial charge in [-0.25, -0.2) is 32.3 Å². The number of hydrogen-bond acceptors (Lipinski definition) is 10. The monoisotopic (exact) mass is 564 g/mol. The lowest BCUT2D eigenvalue weighted by Gasteiger charge is -2.18. The van der Waals surface area contributed by atoms with Gasteiger partial charge in [-0.15, -0.1) is 0 Å². The van der Waals surface area contributed by atoms with E-state index in [0.29, 0.717) is 50.2 Å². The minimum Gasteiger partial charge on any atom is -0.492 e. The van der Waals surface area contributed by atoms with Gasteiger partial charge in [-0.05, 0) is 55.5 Å². The summed E-state index contributed by atoms with van der Waals surface area (Å²) in [6.45, 7) is 1.64. The van der Waals surface area contributed by atoms with Gasteiger partial charge in [0.1, 0.15) is 24.3 Å².